The Morgan fingerprint density at radius 3 is 2.11 bits per heavy atom. The molecule has 4 heteroatoms. The molecule has 0 bridgehead atoms. The largest absolute Gasteiger partial charge is 0.387 e. The van der Waals surface area contributed by atoms with E-state index < -0.39 is 6.10 Å². The highest BCUT2D eigenvalue weighted by atomic mass is 35.5. The quantitative estimate of drug-likeness (QED) is 0.516. The molecule has 0 saturated carbocycles. The van der Waals surface area contributed by atoms with Crippen molar-refractivity contribution in [2.75, 3.05) is 6.54 Å². The number of halogens is 2. The summed E-state index contributed by atoms with van der Waals surface area (Å²) in [5, 5.41) is 15.1. The van der Waals surface area contributed by atoms with Gasteiger partial charge in [-0.25, -0.2) is 0 Å². The predicted octanol–water partition coefficient (Wildman–Crippen LogP) is 5.91. The normalized spacial score (nSPS) is 13.3. The number of nitrogens with one attached hydrogen (secondary N) is 1. The van der Waals surface area contributed by atoms with Crippen molar-refractivity contribution >= 4 is 23.2 Å². The van der Waals surface area contributed by atoms with Gasteiger partial charge in [0, 0.05) is 22.6 Å². The minimum Gasteiger partial charge on any atom is -0.387 e. The van der Waals surface area contributed by atoms with Gasteiger partial charge in [-0.3, -0.25) is 0 Å². The summed E-state index contributed by atoms with van der Waals surface area (Å²) in [6.45, 7) is 2.61. The molecule has 2 unspecified atom stereocenters. The van der Waals surface area contributed by atoms with Crippen LogP contribution in [0.25, 0.3) is 11.1 Å². The second-order valence-corrected chi connectivity index (χ2v) is 7.66. The fourth-order valence-electron chi connectivity index (χ4n) is 3.05. The smallest absolute Gasteiger partial charge is 0.0914 e. The van der Waals surface area contributed by atoms with E-state index in [0.29, 0.717) is 11.6 Å². The molecule has 0 amide bonds. The Balaban J connectivity index is 1.53. The van der Waals surface area contributed by atoms with Crippen molar-refractivity contribution in [1.29, 1.82) is 0 Å². The van der Waals surface area contributed by atoms with E-state index in [1.54, 1.807) is 6.07 Å². The molecule has 0 fully saturated rings. The van der Waals surface area contributed by atoms with Gasteiger partial charge in [0.05, 0.1) is 6.10 Å². The van der Waals surface area contributed by atoms with Gasteiger partial charge in [0.2, 0.25) is 0 Å². The fraction of sp³-hybridized carbons (Fsp3) is 0.217. The van der Waals surface area contributed by atoms with Gasteiger partial charge < -0.3 is 10.4 Å². The number of rotatable bonds is 7. The van der Waals surface area contributed by atoms with Crippen LogP contribution in [-0.2, 0) is 6.42 Å². The summed E-state index contributed by atoms with van der Waals surface area (Å²) >= 11 is 11.9. The van der Waals surface area contributed by atoms with E-state index in [1.165, 1.54) is 11.1 Å². The molecule has 3 rings (SSSR count). The summed E-state index contributed by atoms with van der Waals surface area (Å²) in [4.78, 5) is 0. The van der Waals surface area contributed by atoms with Gasteiger partial charge in [0.15, 0.2) is 0 Å². The van der Waals surface area contributed by atoms with Crippen molar-refractivity contribution < 1.29 is 5.11 Å². The lowest BCUT2D eigenvalue weighted by molar-refractivity contribution is 0.170. The zero-order valence-electron chi connectivity index (χ0n) is 15.2. The first-order chi connectivity index (χ1) is 13.0. The van der Waals surface area contributed by atoms with Gasteiger partial charge in [0.1, 0.15) is 0 Å². The number of aliphatic hydroxyl groups is 1. The van der Waals surface area contributed by atoms with Crippen LogP contribution >= 0.6 is 23.2 Å². The molecule has 27 heavy (non-hydrogen) atoms. The highest BCUT2D eigenvalue weighted by Gasteiger charge is 2.10. The van der Waals surface area contributed by atoms with Crippen LogP contribution in [0.4, 0.5) is 0 Å². The number of aliphatic hydroxyl groups excluding tert-OH is 1. The van der Waals surface area contributed by atoms with E-state index >= 15 is 0 Å². The fourth-order valence-corrected chi connectivity index (χ4v) is 3.37. The van der Waals surface area contributed by atoms with Crippen LogP contribution in [0.15, 0.2) is 72.8 Å². The lowest BCUT2D eigenvalue weighted by Gasteiger charge is -2.18. The Morgan fingerprint density at radius 1 is 0.852 bits per heavy atom. The average molecular weight is 400 g/mol. The van der Waals surface area contributed by atoms with Gasteiger partial charge in [-0.1, -0.05) is 71.7 Å². The lowest BCUT2D eigenvalue weighted by atomic mass is 10.0. The van der Waals surface area contributed by atoms with Crippen molar-refractivity contribution in [3.63, 3.8) is 0 Å². The third-order valence-corrected chi connectivity index (χ3v) is 5.05. The summed E-state index contributed by atoms with van der Waals surface area (Å²) in [6, 6.07) is 24.0. The number of hydrogen-bond acceptors (Lipinski definition) is 2. The standard InChI is InChI=1S/C23H23Cl2NO/c1-16(26-15-23(27)20-3-2-4-22(25)14-20)13-17-5-7-18(8-6-17)19-9-11-21(24)12-10-19/h2-12,14,16,23,26-27H,13,15H2,1H3. The highest BCUT2D eigenvalue weighted by Crippen LogP contribution is 2.22. The molecule has 0 radical (unpaired) electrons. The SMILES string of the molecule is CC(Cc1ccc(-c2ccc(Cl)cc2)cc1)NCC(O)c1cccc(Cl)c1. The average Bonchev–Trinajstić information content (AvgIpc) is 2.67. The molecular formula is C23H23Cl2NO. The summed E-state index contributed by atoms with van der Waals surface area (Å²) in [5.74, 6) is 0. The summed E-state index contributed by atoms with van der Waals surface area (Å²) in [5.41, 5.74) is 4.41. The first kappa shape index (κ1) is 19.9. The molecule has 140 valence electrons. The summed E-state index contributed by atoms with van der Waals surface area (Å²) in [7, 11) is 0. The first-order valence-electron chi connectivity index (χ1n) is 9.03. The Hall–Kier alpha value is -1.84. The van der Waals surface area contributed by atoms with Crippen LogP contribution in [0.5, 0.6) is 0 Å². The van der Waals surface area contributed by atoms with Crippen LogP contribution in [0, 0.1) is 0 Å². The van der Waals surface area contributed by atoms with Crippen molar-refractivity contribution in [2.24, 2.45) is 0 Å². The van der Waals surface area contributed by atoms with Crippen LogP contribution in [0.1, 0.15) is 24.2 Å². The highest BCUT2D eigenvalue weighted by molar-refractivity contribution is 6.30. The second-order valence-electron chi connectivity index (χ2n) is 6.79. The Labute approximate surface area is 170 Å². The molecule has 2 N–H and O–H groups in total. The van der Waals surface area contributed by atoms with Gasteiger partial charge >= 0.3 is 0 Å². The van der Waals surface area contributed by atoms with E-state index in [-0.39, 0.29) is 6.04 Å². The van der Waals surface area contributed by atoms with Crippen molar-refractivity contribution in [2.45, 2.75) is 25.5 Å². The van der Waals surface area contributed by atoms with Gasteiger partial charge in [-0.05, 0) is 59.9 Å². The summed E-state index contributed by atoms with van der Waals surface area (Å²) < 4.78 is 0. The molecule has 0 saturated heterocycles. The van der Waals surface area contributed by atoms with Gasteiger partial charge in [-0.2, -0.15) is 0 Å². The molecule has 0 aliphatic rings. The van der Waals surface area contributed by atoms with E-state index in [0.717, 1.165) is 22.6 Å². The molecule has 0 spiro atoms. The molecule has 3 aromatic carbocycles. The van der Waals surface area contributed by atoms with Crippen LogP contribution in [0.2, 0.25) is 10.0 Å². The Bertz CT molecular complexity index is 862. The summed E-state index contributed by atoms with van der Waals surface area (Å²) in [6.07, 6.45) is 0.321. The predicted molar refractivity (Wildman–Crippen MR) is 114 cm³/mol. The maximum atomic E-state index is 10.3. The van der Waals surface area contributed by atoms with E-state index in [1.807, 2.05) is 42.5 Å². The molecule has 2 nitrogen and oxygen atoms in total. The molecule has 0 heterocycles. The monoisotopic (exact) mass is 399 g/mol. The molecule has 2 atom stereocenters. The maximum Gasteiger partial charge on any atom is 0.0914 e. The third-order valence-electron chi connectivity index (χ3n) is 4.57. The minimum absolute atomic E-state index is 0.250. The minimum atomic E-state index is -0.571. The van der Waals surface area contributed by atoms with Gasteiger partial charge in [-0.15, -0.1) is 0 Å². The van der Waals surface area contributed by atoms with Crippen LogP contribution in [0.3, 0.4) is 0 Å². The second kappa shape index (κ2) is 9.38. The van der Waals surface area contributed by atoms with Crippen molar-refractivity contribution in [3.8, 4) is 11.1 Å². The molecular weight excluding hydrogens is 377 g/mol. The first-order valence-corrected chi connectivity index (χ1v) is 9.78. The van der Waals surface area contributed by atoms with E-state index in [2.05, 4.69) is 36.5 Å². The van der Waals surface area contributed by atoms with E-state index in [4.69, 9.17) is 23.2 Å². The van der Waals surface area contributed by atoms with Crippen LogP contribution in [-0.4, -0.2) is 17.7 Å². The zero-order valence-corrected chi connectivity index (χ0v) is 16.7. The number of hydrogen-bond donors (Lipinski definition) is 2. The zero-order chi connectivity index (χ0) is 19.2. The van der Waals surface area contributed by atoms with Gasteiger partial charge in [0.25, 0.3) is 0 Å². The third kappa shape index (κ3) is 5.82. The number of benzene rings is 3. The molecule has 3 aromatic rings. The molecule has 0 aliphatic carbocycles. The Morgan fingerprint density at radius 2 is 1.48 bits per heavy atom. The van der Waals surface area contributed by atoms with Crippen molar-refractivity contribution in [1.82, 2.24) is 5.32 Å². The lowest BCUT2D eigenvalue weighted by Crippen LogP contribution is -2.32. The van der Waals surface area contributed by atoms with E-state index in [9.17, 15) is 5.11 Å². The maximum absolute atomic E-state index is 10.3. The topological polar surface area (TPSA) is 32.3 Å². The van der Waals surface area contributed by atoms with Crippen molar-refractivity contribution in [3.05, 3.63) is 94.0 Å². The molecule has 0 aromatic heterocycles. The Kier molecular flexibility index (Phi) is 6.92. The molecule has 0 aliphatic heterocycles. The van der Waals surface area contributed by atoms with Crippen LogP contribution < -0.4 is 5.32 Å².